The minimum Gasteiger partial charge on any atom is -0.461 e. The zero-order valence-corrected chi connectivity index (χ0v) is 12.6. The Morgan fingerprint density at radius 1 is 1.15 bits per heavy atom. The lowest BCUT2D eigenvalue weighted by Crippen LogP contribution is -2.04. The Bertz CT molecular complexity index is 739. The maximum absolute atomic E-state index is 5.51. The van der Waals surface area contributed by atoms with Gasteiger partial charge in [-0.1, -0.05) is 31.2 Å². The van der Waals surface area contributed by atoms with Gasteiger partial charge in [0.05, 0.1) is 10.7 Å². The number of anilines is 1. The number of furan rings is 1. The number of rotatable bonds is 4. The largest absolute Gasteiger partial charge is 0.461 e. The predicted octanol–water partition coefficient (Wildman–Crippen LogP) is 4.47. The summed E-state index contributed by atoms with van der Waals surface area (Å²) in [6.45, 7) is 3.00. The third-order valence-electron chi connectivity index (χ3n) is 3.06. The van der Waals surface area contributed by atoms with Gasteiger partial charge in [-0.3, -0.25) is 0 Å². The first-order valence-electron chi connectivity index (χ1n) is 6.54. The van der Waals surface area contributed by atoms with Crippen molar-refractivity contribution in [2.45, 2.75) is 13.3 Å². The number of halogens is 1. The predicted molar refractivity (Wildman–Crippen MR) is 83.7 cm³/mol. The molecule has 0 spiro atoms. The molecule has 0 saturated heterocycles. The molecule has 1 aromatic carbocycles. The highest BCUT2D eigenvalue weighted by Gasteiger charge is 2.15. The van der Waals surface area contributed by atoms with E-state index in [1.54, 1.807) is 6.26 Å². The van der Waals surface area contributed by atoms with Crippen molar-refractivity contribution in [1.29, 1.82) is 0 Å². The second kappa shape index (κ2) is 5.63. The van der Waals surface area contributed by atoms with Gasteiger partial charge in [0.25, 0.3) is 0 Å². The molecule has 4 nitrogen and oxygen atoms in total. The molecule has 0 amide bonds. The molecule has 2 aromatic heterocycles. The van der Waals surface area contributed by atoms with Crippen LogP contribution in [0, 0.1) is 0 Å². The van der Waals surface area contributed by atoms with Gasteiger partial charge in [-0.05, 0) is 28.4 Å². The second-order valence-corrected chi connectivity index (χ2v) is 5.32. The molecule has 0 fully saturated rings. The number of fused-ring (bicyclic) bond motifs is 1. The van der Waals surface area contributed by atoms with Crippen LogP contribution in [0.1, 0.15) is 13.3 Å². The van der Waals surface area contributed by atoms with Gasteiger partial charge in [0.1, 0.15) is 5.69 Å². The Labute approximate surface area is 125 Å². The fourth-order valence-corrected chi connectivity index (χ4v) is 2.50. The fraction of sp³-hybridized carbons (Fsp3) is 0.200. The molecular formula is C15H14BrN3O. The van der Waals surface area contributed by atoms with Gasteiger partial charge in [0.15, 0.2) is 11.6 Å². The van der Waals surface area contributed by atoms with Crippen molar-refractivity contribution in [1.82, 2.24) is 10.2 Å². The van der Waals surface area contributed by atoms with E-state index in [9.17, 15) is 0 Å². The molecule has 102 valence electrons. The minimum absolute atomic E-state index is 0.704. The van der Waals surface area contributed by atoms with Crippen LogP contribution in [0.5, 0.6) is 0 Å². The summed E-state index contributed by atoms with van der Waals surface area (Å²) in [5.41, 5.74) is 0.750. The molecule has 0 radical (unpaired) electrons. The van der Waals surface area contributed by atoms with Crippen LogP contribution in [0.4, 0.5) is 5.82 Å². The molecule has 0 aliphatic carbocycles. The quantitative estimate of drug-likeness (QED) is 0.766. The highest BCUT2D eigenvalue weighted by atomic mass is 79.9. The summed E-state index contributed by atoms with van der Waals surface area (Å²) in [5.74, 6) is 1.52. The van der Waals surface area contributed by atoms with Crippen molar-refractivity contribution in [3.63, 3.8) is 0 Å². The van der Waals surface area contributed by atoms with Gasteiger partial charge in [0.2, 0.25) is 0 Å². The van der Waals surface area contributed by atoms with Crippen LogP contribution in [-0.2, 0) is 0 Å². The second-order valence-electron chi connectivity index (χ2n) is 4.47. The third-order valence-corrected chi connectivity index (χ3v) is 3.69. The summed E-state index contributed by atoms with van der Waals surface area (Å²) >= 11 is 3.47. The number of hydrogen-bond acceptors (Lipinski definition) is 4. The van der Waals surface area contributed by atoms with Gasteiger partial charge in [-0.2, -0.15) is 0 Å². The van der Waals surface area contributed by atoms with Crippen LogP contribution in [0.3, 0.4) is 0 Å². The van der Waals surface area contributed by atoms with Crippen LogP contribution in [0.2, 0.25) is 0 Å². The van der Waals surface area contributed by atoms with Gasteiger partial charge < -0.3 is 9.73 Å². The monoisotopic (exact) mass is 331 g/mol. The number of nitrogens with zero attached hydrogens (tertiary/aromatic N) is 2. The molecular weight excluding hydrogens is 318 g/mol. The molecule has 1 N–H and O–H groups in total. The van der Waals surface area contributed by atoms with Crippen molar-refractivity contribution >= 4 is 32.5 Å². The molecule has 0 aliphatic heterocycles. The lowest BCUT2D eigenvalue weighted by molar-refractivity contribution is 0.578. The lowest BCUT2D eigenvalue weighted by atomic mass is 10.1. The van der Waals surface area contributed by atoms with Crippen molar-refractivity contribution in [3.05, 3.63) is 41.1 Å². The number of hydrogen-bond donors (Lipinski definition) is 1. The molecule has 20 heavy (non-hydrogen) atoms. The highest BCUT2D eigenvalue weighted by molar-refractivity contribution is 9.10. The molecule has 0 unspecified atom stereocenters. The minimum atomic E-state index is 0.704. The van der Waals surface area contributed by atoms with E-state index >= 15 is 0 Å². The van der Waals surface area contributed by atoms with E-state index in [2.05, 4.69) is 38.4 Å². The highest BCUT2D eigenvalue weighted by Crippen LogP contribution is 2.34. The van der Waals surface area contributed by atoms with E-state index in [0.717, 1.165) is 39.7 Å². The normalized spacial score (nSPS) is 10.9. The zero-order valence-electron chi connectivity index (χ0n) is 11.1. The van der Waals surface area contributed by atoms with Crippen LogP contribution >= 0.6 is 15.9 Å². The van der Waals surface area contributed by atoms with Crippen molar-refractivity contribution < 1.29 is 4.42 Å². The Hall–Kier alpha value is -1.88. The summed E-state index contributed by atoms with van der Waals surface area (Å²) in [6.07, 6.45) is 2.68. The van der Waals surface area contributed by atoms with Crippen LogP contribution in [0.25, 0.3) is 22.2 Å². The molecule has 5 heteroatoms. The number of aromatic nitrogens is 2. The van der Waals surface area contributed by atoms with Gasteiger partial charge in [-0.25, -0.2) is 0 Å². The van der Waals surface area contributed by atoms with Crippen LogP contribution < -0.4 is 5.32 Å². The van der Waals surface area contributed by atoms with Crippen LogP contribution in [0.15, 0.2) is 45.5 Å². The maximum atomic E-state index is 5.51. The SMILES string of the molecule is CCCNc1nnc(-c2occc2Br)c2ccccc12. The van der Waals surface area contributed by atoms with Crippen molar-refractivity contribution in [3.8, 4) is 11.5 Å². The standard InChI is InChI=1S/C15H14BrN3O/c1-2-8-17-15-11-6-4-3-5-10(11)13(18-19-15)14-12(16)7-9-20-14/h3-7,9H,2,8H2,1H3,(H,17,19). The molecule has 0 aliphatic rings. The Morgan fingerprint density at radius 3 is 2.65 bits per heavy atom. The Morgan fingerprint density at radius 2 is 1.95 bits per heavy atom. The van der Waals surface area contributed by atoms with Gasteiger partial charge >= 0.3 is 0 Å². The van der Waals surface area contributed by atoms with E-state index < -0.39 is 0 Å². The van der Waals surface area contributed by atoms with E-state index in [0.29, 0.717) is 5.76 Å². The smallest absolute Gasteiger partial charge is 0.168 e. The first kappa shape index (κ1) is 13.1. The molecule has 0 bridgehead atoms. The molecule has 0 atom stereocenters. The van der Waals surface area contributed by atoms with Crippen LogP contribution in [-0.4, -0.2) is 16.7 Å². The molecule has 2 heterocycles. The summed E-state index contributed by atoms with van der Waals surface area (Å²) in [7, 11) is 0. The first-order valence-corrected chi connectivity index (χ1v) is 7.33. The van der Waals surface area contributed by atoms with E-state index in [4.69, 9.17) is 4.42 Å². The average Bonchev–Trinajstić information content (AvgIpc) is 2.91. The lowest BCUT2D eigenvalue weighted by Gasteiger charge is -2.09. The molecule has 3 aromatic rings. The summed E-state index contributed by atoms with van der Waals surface area (Å²) in [4.78, 5) is 0. The number of nitrogens with one attached hydrogen (secondary N) is 1. The fourth-order valence-electron chi connectivity index (χ4n) is 2.11. The Kier molecular flexibility index (Phi) is 3.69. The molecule has 0 saturated carbocycles. The average molecular weight is 332 g/mol. The summed E-state index contributed by atoms with van der Waals surface area (Å²) < 4.78 is 6.39. The molecule has 3 rings (SSSR count). The zero-order chi connectivity index (χ0) is 13.9. The topological polar surface area (TPSA) is 51.0 Å². The van der Waals surface area contributed by atoms with Crippen molar-refractivity contribution in [2.75, 3.05) is 11.9 Å². The number of benzene rings is 1. The van der Waals surface area contributed by atoms with E-state index in [-0.39, 0.29) is 0 Å². The van der Waals surface area contributed by atoms with Gasteiger partial charge in [0, 0.05) is 17.3 Å². The van der Waals surface area contributed by atoms with Gasteiger partial charge in [-0.15, -0.1) is 10.2 Å². The van der Waals surface area contributed by atoms with E-state index in [1.807, 2.05) is 30.3 Å². The van der Waals surface area contributed by atoms with Crippen molar-refractivity contribution in [2.24, 2.45) is 0 Å². The van der Waals surface area contributed by atoms with E-state index in [1.165, 1.54) is 0 Å². The Balaban J connectivity index is 2.19. The first-order chi connectivity index (χ1) is 9.81. The maximum Gasteiger partial charge on any atom is 0.168 e. The summed E-state index contributed by atoms with van der Waals surface area (Å²) in [6, 6.07) is 9.93. The third kappa shape index (κ3) is 2.29. The summed E-state index contributed by atoms with van der Waals surface area (Å²) in [5, 5.41) is 14.0.